The summed E-state index contributed by atoms with van der Waals surface area (Å²) in [4.78, 5) is 0. The Morgan fingerprint density at radius 3 is 2.75 bits per heavy atom. The highest BCUT2D eigenvalue weighted by Crippen LogP contribution is 2.01. The van der Waals surface area contributed by atoms with Gasteiger partial charge in [-0.3, -0.25) is 5.32 Å². The average molecular weight is 113 g/mol. The molecule has 1 rings (SSSR count). The van der Waals surface area contributed by atoms with Crippen LogP contribution >= 0.6 is 0 Å². The van der Waals surface area contributed by atoms with Gasteiger partial charge in [-0.15, -0.1) is 0 Å². The first-order valence-electron chi connectivity index (χ1n) is 2.82. The number of hydrogen-bond donors (Lipinski definition) is 1. The van der Waals surface area contributed by atoms with Crippen molar-refractivity contribution in [3.8, 4) is 0 Å². The molecule has 1 radical (unpaired) electrons. The highest BCUT2D eigenvalue weighted by Gasteiger charge is 2.05. The summed E-state index contributed by atoms with van der Waals surface area (Å²) in [6.45, 7) is 0.833. The van der Waals surface area contributed by atoms with E-state index in [4.69, 9.17) is 5.21 Å². The van der Waals surface area contributed by atoms with Crippen molar-refractivity contribution in [2.24, 2.45) is 5.16 Å². The van der Waals surface area contributed by atoms with E-state index in [1.807, 2.05) is 0 Å². The molecule has 45 valence electrons. The summed E-state index contributed by atoms with van der Waals surface area (Å²) in [6, 6.07) is 0. The number of rotatable bonds is 0. The fourth-order valence-corrected chi connectivity index (χ4v) is 0.764. The van der Waals surface area contributed by atoms with E-state index in [-0.39, 0.29) is 0 Å². The highest BCUT2D eigenvalue weighted by atomic mass is 16.4. The quantitative estimate of drug-likeness (QED) is 0.362. The molecular weight excluding hydrogens is 104 g/mol. The second kappa shape index (κ2) is 2.55. The van der Waals surface area contributed by atoms with Crippen LogP contribution in [0.1, 0.15) is 19.3 Å². The standard InChI is InChI=1S/C5H9N2O/c8-7-5-3-1-2-4-6-5/h8H,1-4H2/b7-5-. The van der Waals surface area contributed by atoms with Crippen LogP contribution in [-0.2, 0) is 0 Å². The van der Waals surface area contributed by atoms with Crippen LogP contribution < -0.4 is 5.32 Å². The van der Waals surface area contributed by atoms with Gasteiger partial charge in [-0.25, -0.2) is 0 Å². The number of amidine groups is 1. The number of hydrogen-bond acceptors (Lipinski definition) is 2. The molecule has 0 aromatic heterocycles. The molecule has 0 saturated carbocycles. The predicted molar refractivity (Wildman–Crippen MR) is 30.1 cm³/mol. The molecule has 0 aromatic rings. The van der Waals surface area contributed by atoms with Gasteiger partial charge < -0.3 is 5.21 Å². The third kappa shape index (κ3) is 1.12. The van der Waals surface area contributed by atoms with E-state index in [0.29, 0.717) is 5.84 Å². The maximum absolute atomic E-state index is 8.19. The maximum atomic E-state index is 8.19. The molecule has 8 heavy (non-hydrogen) atoms. The zero-order chi connectivity index (χ0) is 5.82. The van der Waals surface area contributed by atoms with Crippen molar-refractivity contribution < 1.29 is 5.21 Å². The largest absolute Gasteiger partial charge is 0.409 e. The normalized spacial score (nSPS) is 25.2. The topological polar surface area (TPSA) is 46.7 Å². The Balaban J connectivity index is 2.33. The number of nitrogens with zero attached hydrogens (tertiary/aromatic N) is 2. The van der Waals surface area contributed by atoms with Gasteiger partial charge in [0.25, 0.3) is 0 Å². The molecule has 0 aliphatic carbocycles. The Morgan fingerprint density at radius 1 is 1.50 bits per heavy atom. The monoisotopic (exact) mass is 113 g/mol. The van der Waals surface area contributed by atoms with E-state index in [1.54, 1.807) is 0 Å². The van der Waals surface area contributed by atoms with Gasteiger partial charge in [0, 0.05) is 13.0 Å². The average Bonchev–Trinajstić information content (AvgIpc) is 1.90. The van der Waals surface area contributed by atoms with Gasteiger partial charge in [0.15, 0.2) is 5.84 Å². The predicted octanol–water partition coefficient (Wildman–Crippen LogP) is 0.562. The summed E-state index contributed by atoms with van der Waals surface area (Å²) < 4.78 is 0. The third-order valence-corrected chi connectivity index (χ3v) is 1.22. The first-order chi connectivity index (χ1) is 3.93. The van der Waals surface area contributed by atoms with E-state index >= 15 is 0 Å². The van der Waals surface area contributed by atoms with E-state index in [0.717, 1.165) is 25.8 Å². The van der Waals surface area contributed by atoms with Gasteiger partial charge in [0.05, 0.1) is 0 Å². The van der Waals surface area contributed by atoms with Crippen molar-refractivity contribution in [2.75, 3.05) is 6.54 Å². The minimum absolute atomic E-state index is 0.608. The SMILES string of the molecule is O/N=C1/CCCC[N]1. The van der Waals surface area contributed by atoms with Crippen LogP contribution in [0.3, 0.4) is 0 Å². The van der Waals surface area contributed by atoms with E-state index in [9.17, 15) is 0 Å². The fourth-order valence-electron chi connectivity index (χ4n) is 0.764. The van der Waals surface area contributed by atoms with E-state index in [1.165, 1.54) is 0 Å². The maximum Gasteiger partial charge on any atom is 0.162 e. The van der Waals surface area contributed by atoms with Crippen molar-refractivity contribution >= 4 is 5.84 Å². The molecule has 3 nitrogen and oxygen atoms in total. The summed E-state index contributed by atoms with van der Waals surface area (Å²) in [7, 11) is 0. The molecule has 1 saturated heterocycles. The second-order valence-corrected chi connectivity index (χ2v) is 1.86. The molecular formula is C5H9N2O. The van der Waals surface area contributed by atoms with Gasteiger partial charge in [0.2, 0.25) is 0 Å². The molecule has 1 N–H and O–H groups in total. The minimum atomic E-state index is 0.608. The first-order valence-corrected chi connectivity index (χ1v) is 2.82. The summed E-state index contributed by atoms with van der Waals surface area (Å²) in [5.41, 5.74) is 0. The molecule has 0 unspecified atom stereocenters. The Bertz CT molecular complexity index is 92.6. The first kappa shape index (κ1) is 5.41. The lowest BCUT2D eigenvalue weighted by molar-refractivity contribution is 0.313. The zero-order valence-electron chi connectivity index (χ0n) is 4.67. The molecule has 0 bridgehead atoms. The molecule has 3 heteroatoms. The van der Waals surface area contributed by atoms with Crippen molar-refractivity contribution in [3.63, 3.8) is 0 Å². The lowest BCUT2D eigenvalue weighted by Crippen LogP contribution is -2.21. The Kier molecular flexibility index (Phi) is 1.72. The van der Waals surface area contributed by atoms with Crippen molar-refractivity contribution in [3.05, 3.63) is 0 Å². The van der Waals surface area contributed by atoms with Crippen LogP contribution in [0.2, 0.25) is 0 Å². The highest BCUT2D eigenvalue weighted by molar-refractivity contribution is 5.81. The molecule has 1 heterocycles. The second-order valence-electron chi connectivity index (χ2n) is 1.86. The molecule has 0 aromatic carbocycles. The third-order valence-electron chi connectivity index (χ3n) is 1.22. The Hall–Kier alpha value is -0.730. The summed E-state index contributed by atoms with van der Waals surface area (Å²) >= 11 is 0. The van der Waals surface area contributed by atoms with Gasteiger partial charge in [-0.2, -0.15) is 0 Å². The lowest BCUT2D eigenvalue weighted by atomic mass is 10.2. The Morgan fingerprint density at radius 2 is 2.38 bits per heavy atom. The van der Waals surface area contributed by atoms with E-state index < -0.39 is 0 Å². The lowest BCUT2D eigenvalue weighted by Gasteiger charge is -2.09. The summed E-state index contributed by atoms with van der Waals surface area (Å²) in [6.07, 6.45) is 3.10. The summed E-state index contributed by atoms with van der Waals surface area (Å²) in [5.74, 6) is 0.608. The van der Waals surface area contributed by atoms with Crippen LogP contribution in [0.5, 0.6) is 0 Å². The Labute approximate surface area is 48.4 Å². The van der Waals surface area contributed by atoms with Crippen LogP contribution in [-0.4, -0.2) is 17.6 Å². The van der Waals surface area contributed by atoms with Crippen LogP contribution in [0, 0.1) is 0 Å². The van der Waals surface area contributed by atoms with Gasteiger partial charge in [-0.1, -0.05) is 5.16 Å². The summed E-state index contributed by atoms with van der Waals surface area (Å²) in [5, 5.41) is 15.1. The van der Waals surface area contributed by atoms with Gasteiger partial charge in [-0.05, 0) is 12.8 Å². The minimum Gasteiger partial charge on any atom is -0.409 e. The molecule has 0 amide bonds. The van der Waals surface area contributed by atoms with Crippen molar-refractivity contribution in [1.82, 2.24) is 5.32 Å². The molecule has 1 aliphatic rings. The van der Waals surface area contributed by atoms with Crippen LogP contribution in [0.25, 0.3) is 0 Å². The molecule has 1 aliphatic heterocycles. The fraction of sp³-hybridized carbons (Fsp3) is 0.800. The molecule has 0 atom stereocenters. The molecule has 0 spiro atoms. The number of oxime groups is 1. The van der Waals surface area contributed by atoms with Gasteiger partial charge in [0.1, 0.15) is 0 Å². The number of piperidine rings is 1. The van der Waals surface area contributed by atoms with E-state index in [2.05, 4.69) is 10.5 Å². The molecule has 1 fully saturated rings. The zero-order valence-corrected chi connectivity index (χ0v) is 4.67. The van der Waals surface area contributed by atoms with Gasteiger partial charge >= 0.3 is 0 Å². The van der Waals surface area contributed by atoms with Crippen molar-refractivity contribution in [1.29, 1.82) is 0 Å². The van der Waals surface area contributed by atoms with Crippen molar-refractivity contribution in [2.45, 2.75) is 19.3 Å². The smallest absolute Gasteiger partial charge is 0.162 e. The van der Waals surface area contributed by atoms with Crippen LogP contribution in [0.15, 0.2) is 5.16 Å². The van der Waals surface area contributed by atoms with Crippen LogP contribution in [0.4, 0.5) is 0 Å².